The molecule has 0 aliphatic rings. The molecule has 0 saturated carbocycles. The minimum Gasteiger partial charge on any atom is -0.496 e. The van der Waals surface area contributed by atoms with E-state index in [1.165, 1.54) is 0 Å². The van der Waals surface area contributed by atoms with Gasteiger partial charge in [0, 0.05) is 23.5 Å². The molecule has 20 heavy (non-hydrogen) atoms. The first kappa shape index (κ1) is 14.5. The van der Waals surface area contributed by atoms with Crippen molar-refractivity contribution in [2.75, 3.05) is 14.2 Å². The van der Waals surface area contributed by atoms with E-state index in [1.54, 1.807) is 7.11 Å². The van der Waals surface area contributed by atoms with Gasteiger partial charge in [0.05, 0.1) is 12.7 Å². The summed E-state index contributed by atoms with van der Waals surface area (Å²) >= 11 is 0. The normalized spacial score (nSPS) is 12.2. The van der Waals surface area contributed by atoms with E-state index < -0.39 is 0 Å². The van der Waals surface area contributed by atoms with Gasteiger partial charge in [-0.2, -0.15) is 0 Å². The Bertz CT molecular complexity index is 611. The van der Waals surface area contributed by atoms with Crippen molar-refractivity contribution in [1.82, 2.24) is 15.3 Å². The van der Waals surface area contributed by atoms with Crippen molar-refractivity contribution in [2.45, 2.75) is 26.8 Å². The van der Waals surface area contributed by atoms with Crippen LogP contribution in [0.25, 0.3) is 11.4 Å². The fourth-order valence-electron chi connectivity index (χ4n) is 2.17. The van der Waals surface area contributed by atoms with E-state index in [9.17, 15) is 0 Å². The summed E-state index contributed by atoms with van der Waals surface area (Å²) in [5.41, 5.74) is 4.18. The molecule has 0 aliphatic heterocycles. The fourth-order valence-corrected chi connectivity index (χ4v) is 2.17. The number of aryl methyl sites for hydroxylation is 2. The molecule has 106 valence electrons. The Morgan fingerprint density at radius 2 is 2.00 bits per heavy atom. The predicted octanol–water partition coefficient (Wildman–Crippen LogP) is 3.05. The second kappa shape index (κ2) is 6.01. The molecule has 0 amide bonds. The third-order valence-corrected chi connectivity index (χ3v) is 3.51. The first-order valence-electron chi connectivity index (χ1n) is 6.72. The Morgan fingerprint density at radius 3 is 2.60 bits per heavy atom. The lowest BCUT2D eigenvalue weighted by atomic mass is 10.1. The van der Waals surface area contributed by atoms with Crippen LogP contribution < -0.4 is 10.1 Å². The molecule has 2 aromatic rings. The summed E-state index contributed by atoms with van der Waals surface area (Å²) in [6.45, 7) is 6.14. The van der Waals surface area contributed by atoms with Gasteiger partial charge < -0.3 is 10.1 Å². The molecule has 1 atom stereocenters. The van der Waals surface area contributed by atoms with Crippen molar-refractivity contribution in [3.63, 3.8) is 0 Å². The monoisotopic (exact) mass is 271 g/mol. The van der Waals surface area contributed by atoms with Crippen LogP contribution in [0.15, 0.2) is 24.4 Å². The highest BCUT2D eigenvalue weighted by atomic mass is 16.5. The summed E-state index contributed by atoms with van der Waals surface area (Å²) in [6.07, 6.45) is 1.89. The number of nitrogens with zero attached hydrogens (tertiary/aromatic N) is 2. The first-order chi connectivity index (χ1) is 9.56. The number of hydrogen-bond acceptors (Lipinski definition) is 4. The lowest BCUT2D eigenvalue weighted by molar-refractivity contribution is 0.416. The molecule has 0 bridgehead atoms. The van der Waals surface area contributed by atoms with E-state index in [-0.39, 0.29) is 6.04 Å². The molecule has 0 radical (unpaired) electrons. The quantitative estimate of drug-likeness (QED) is 0.928. The molecular weight excluding hydrogens is 250 g/mol. The van der Waals surface area contributed by atoms with Crippen LogP contribution in [-0.4, -0.2) is 24.1 Å². The fraction of sp³-hybridized carbons (Fsp3) is 0.375. The van der Waals surface area contributed by atoms with Gasteiger partial charge in [-0.25, -0.2) is 9.97 Å². The molecule has 4 heteroatoms. The van der Waals surface area contributed by atoms with Gasteiger partial charge in [-0.1, -0.05) is 6.07 Å². The number of methoxy groups -OCH3 is 1. The smallest absolute Gasteiger partial charge is 0.163 e. The van der Waals surface area contributed by atoms with Gasteiger partial charge in [-0.05, 0) is 45.5 Å². The zero-order valence-electron chi connectivity index (χ0n) is 12.7. The third kappa shape index (κ3) is 2.80. The van der Waals surface area contributed by atoms with Gasteiger partial charge in [0.25, 0.3) is 0 Å². The molecule has 0 aliphatic carbocycles. The highest BCUT2D eigenvalue weighted by molar-refractivity contribution is 5.65. The summed E-state index contributed by atoms with van der Waals surface area (Å²) < 4.78 is 5.43. The zero-order chi connectivity index (χ0) is 14.7. The molecule has 0 spiro atoms. The van der Waals surface area contributed by atoms with E-state index >= 15 is 0 Å². The van der Waals surface area contributed by atoms with Crippen LogP contribution in [0, 0.1) is 13.8 Å². The second-order valence-electron chi connectivity index (χ2n) is 4.95. The average molecular weight is 271 g/mol. The van der Waals surface area contributed by atoms with Crippen LogP contribution in [-0.2, 0) is 0 Å². The summed E-state index contributed by atoms with van der Waals surface area (Å²) in [4.78, 5) is 9.11. The van der Waals surface area contributed by atoms with Gasteiger partial charge in [0.1, 0.15) is 5.75 Å². The molecule has 1 heterocycles. The molecule has 0 saturated heterocycles. The lowest BCUT2D eigenvalue weighted by Gasteiger charge is -2.14. The van der Waals surface area contributed by atoms with Crippen molar-refractivity contribution in [3.8, 4) is 17.1 Å². The highest BCUT2D eigenvalue weighted by Crippen LogP contribution is 2.29. The minimum atomic E-state index is 0.240. The molecule has 2 rings (SSSR count). The highest BCUT2D eigenvalue weighted by Gasteiger charge is 2.13. The van der Waals surface area contributed by atoms with Gasteiger partial charge in [-0.3, -0.25) is 0 Å². The predicted molar refractivity (Wildman–Crippen MR) is 81.0 cm³/mol. The molecular formula is C16H21N3O. The molecule has 1 aromatic heterocycles. The van der Waals surface area contributed by atoms with Gasteiger partial charge >= 0.3 is 0 Å². The average Bonchev–Trinajstić information content (AvgIpc) is 2.46. The van der Waals surface area contributed by atoms with E-state index in [1.807, 2.05) is 45.3 Å². The Balaban J connectivity index is 2.47. The maximum absolute atomic E-state index is 5.43. The van der Waals surface area contributed by atoms with E-state index in [2.05, 4.69) is 22.2 Å². The topological polar surface area (TPSA) is 47.0 Å². The molecule has 0 fully saturated rings. The van der Waals surface area contributed by atoms with Gasteiger partial charge in [0.2, 0.25) is 0 Å². The SMILES string of the molecule is CNC(C)c1cnc(-c2ccc(C)cc2OC)nc1C. The number of rotatable bonds is 4. The molecule has 4 nitrogen and oxygen atoms in total. The van der Waals surface area contributed by atoms with Crippen molar-refractivity contribution in [1.29, 1.82) is 0 Å². The van der Waals surface area contributed by atoms with Crippen molar-refractivity contribution < 1.29 is 4.74 Å². The Morgan fingerprint density at radius 1 is 1.25 bits per heavy atom. The van der Waals surface area contributed by atoms with Crippen LogP contribution >= 0.6 is 0 Å². The number of ether oxygens (including phenoxy) is 1. The number of aromatic nitrogens is 2. The third-order valence-electron chi connectivity index (χ3n) is 3.51. The standard InChI is InChI=1S/C16H21N3O/c1-10-6-7-13(15(8-10)20-5)16-18-9-14(11(2)17-4)12(3)19-16/h6-9,11,17H,1-5H3. The van der Waals surface area contributed by atoms with Gasteiger partial charge in [0.15, 0.2) is 5.82 Å². The van der Waals surface area contributed by atoms with E-state index in [0.717, 1.165) is 28.1 Å². The Labute approximate surface area is 120 Å². The molecule has 1 unspecified atom stereocenters. The van der Waals surface area contributed by atoms with E-state index in [4.69, 9.17) is 4.74 Å². The first-order valence-corrected chi connectivity index (χ1v) is 6.72. The largest absolute Gasteiger partial charge is 0.496 e. The van der Waals surface area contributed by atoms with Crippen LogP contribution in [0.3, 0.4) is 0 Å². The zero-order valence-corrected chi connectivity index (χ0v) is 12.7. The molecule has 1 aromatic carbocycles. The number of nitrogens with one attached hydrogen (secondary N) is 1. The van der Waals surface area contributed by atoms with Crippen molar-refractivity contribution in [2.24, 2.45) is 0 Å². The minimum absolute atomic E-state index is 0.240. The van der Waals surface area contributed by atoms with E-state index in [0.29, 0.717) is 5.82 Å². The summed E-state index contributed by atoms with van der Waals surface area (Å²) in [5, 5.41) is 3.21. The lowest BCUT2D eigenvalue weighted by Crippen LogP contribution is -2.15. The number of benzene rings is 1. The van der Waals surface area contributed by atoms with Crippen LogP contribution in [0.2, 0.25) is 0 Å². The van der Waals surface area contributed by atoms with Crippen LogP contribution in [0.4, 0.5) is 0 Å². The van der Waals surface area contributed by atoms with Crippen molar-refractivity contribution in [3.05, 3.63) is 41.2 Å². The van der Waals surface area contributed by atoms with Crippen molar-refractivity contribution >= 4 is 0 Å². The van der Waals surface area contributed by atoms with Crippen LogP contribution in [0.1, 0.15) is 29.8 Å². The van der Waals surface area contributed by atoms with Gasteiger partial charge in [-0.15, -0.1) is 0 Å². The maximum atomic E-state index is 5.43. The Kier molecular flexibility index (Phi) is 4.35. The maximum Gasteiger partial charge on any atom is 0.163 e. The van der Waals surface area contributed by atoms with Crippen LogP contribution in [0.5, 0.6) is 5.75 Å². The summed E-state index contributed by atoms with van der Waals surface area (Å²) in [5.74, 6) is 1.50. The summed E-state index contributed by atoms with van der Waals surface area (Å²) in [6, 6.07) is 6.28. The second-order valence-corrected chi connectivity index (χ2v) is 4.95. The number of hydrogen-bond donors (Lipinski definition) is 1. The molecule has 1 N–H and O–H groups in total. The Hall–Kier alpha value is -1.94. The summed E-state index contributed by atoms with van der Waals surface area (Å²) in [7, 11) is 3.60.